The quantitative estimate of drug-likeness (QED) is 0.655. The van der Waals surface area contributed by atoms with Gasteiger partial charge >= 0.3 is 0 Å². The van der Waals surface area contributed by atoms with E-state index in [0.29, 0.717) is 13.0 Å². The topological polar surface area (TPSA) is 40.6 Å². The van der Waals surface area contributed by atoms with Crippen LogP contribution in [0.5, 0.6) is 0 Å². The van der Waals surface area contributed by atoms with Crippen LogP contribution in [0, 0.1) is 5.92 Å². The van der Waals surface area contributed by atoms with E-state index in [4.69, 9.17) is 0 Å². The summed E-state index contributed by atoms with van der Waals surface area (Å²) in [5.74, 6) is -0.0828. The van der Waals surface area contributed by atoms with Gasteiger partial charge in [-0.05, 0) is 35.7 Å². The monoisotopic (exact) mass is 390 g/mol. The molecule has 2 aliphatic rings. The zero-order valence-corrected chi connectivity index (χ0v) is 16.4. The van der Waals surface area contributed by atoms with Crippen molar-refractivity contribution >= 4 is 39.6 Å². The van der Waals surface area contributed by atoms with Crippen molar-refractivity contribution in [1.82, 2.24) is 4.90 Å². The highest BCUT2D eigenvalue weighted by Gasteiger charge is 2.41. The summed E-state index contributed by atoms with van der Waals surface area (Å²) < 4.78 is 0. The normalized spacial score (nSPS) is 22.4. The molecule has 5 heteroatoms. The highest BCUT2D eigenvalue weighted by Crippen LogP contribution is 2.38. The van der Waals surface area contributed by atoms with E-state index in [1.165, 1.54) is 4.88 Å². The highest BCUT2D eigenvalue weighted by atomic mass is 32.1. The van der Waals surface area contributed by atoms with Gasteiger partial charge in [-0.25, -0.2) is 0 Å². The molecule has 142 valence electrons. The van der Waals surface area contributed by atoms with Crippen LogP contribution in [0.15, 0.2) is 60.0 Å². The minimum atomic E-state index is -0.257. The fraction of sp³-hybridized carbons (Fsp3) is 0.304. The number of fused-ring (bicyclic) bond motifs is 1. The van der Waals surface area contributed by atoms with Crippen LogP contribution in [0.1, 0.15) is 30.2 Å². The fourth-order valence-electron chi connectivity index (χ4n) is 4.59. The second-order valence-electron chi connectivity index (χ2n) is 7.61. The molecule has 1 aromatic heterocycles. The van der Waals surface area contributed by atoms with E-state index >= 15 is 0 Å². The average molecular weight is 391 g/mol. The number of benzene rings is 2. The van der Waals surface area contributed by atoms with Gasteiger partial charge in [0.15, 0.2) is 0 Å². The van der Waals surface area contributed by atoms with Gasteiger partial charge in [-0.3, -0.25) is 9.59 Å². The molecule has 2 fully saturated rings. The van der Waals surface area contributed by atoms with Gasteiger partial charge < -0.3 is 9.80 Å². The SMILES string of the molecule is O=C1CC(C(=O)N2CCCC2c2cccs2)CN1c1cccc2ccccc12. The van der Waals surface area contributed by atoms with Crippen LogP contribution >= 0.6 is 11.3 Å². The first-order chi connectivity index (χ1) is 13.7. The largest absolute Gasteiger partial charge is 0.335 e. The van der Waals surface area contributed by atoms with E-state index in [0.717, 1.165) is 35.8 Å². The summed E-state index contributed by atoms with van der Waals surface area (Å²) in [6.07, 6.45) is 2.34. The maximum Gasteiger partial charge on any atom is 0.228 e. The van der Waals surface area contributed by atoms with Crippen LogP contribution in [0.25, 0.3) is 10.8 Å². The van der Waals surface area contributed by atoms with Gasteiger partial charge in [0.25, 0.3) is 0 Å². The Morgan fingerprint density at radius 3 is 2.75 bits per heavy atom. The third-order valence-electron chi connectivity index (χ3n) is 5.94. The second kappa shape index (κ2) is 7.06. The van der Waals surface area contributed by atoms with Gasteiger partial charge in [0.2, 0.25) is 11.8 Å². The fourth-order valence-corrected chi connectivity index (χ4v) is 5.46. The van der Waals surface area contributed by atoms with Crippen molar-refractivity contribution in [3.05, 3.63) is 64.9 Å². The van der Waals surface area contributed by atoms with E-state index in [1.54, 1.807) is 16.2 Å². The van der Waals surface area contributed by atoms with Gasteiger partial charge in [-0.1, -0.05) is 42.5 Å². The second-order valence-corrected chi connectivity index (χ2v) is 8.59. The van der Waals surface area contributed by atoms with Crippen molar-refractivity contribution in [2.75, 3.05) is 18.0 Å². The number of carbonyl (C=O) groups excluding carboxylic acids is 2. The smallest absolute Gasteiger partial charge is 0.228 e. The molecule has 2 amide bonds. The van der Waals surface area contributed by atoms with Crippen LogP contribution in [0.2, 0.25) is 0 Å². The maximum absolute atomic E-state index is 13.3. The molecule has 0 aliphatic carbocycles. The Hall–Kier alpha value is -2.66. The van der Waals surface area contributed by atoms with Crippen LogP contribution in [0.3, 0.4) is 0 Å². The average Bonchev–Trinajstić information content (AvgIpc) is 3.47. The zero-order valence-electron chi connectivity index (χ0n) is 15.6. The number of likely N-dealkylation sites (tertiary alicyclic amines) is 1. The third-order valence-corrected chi connectivity index (χ3v) is 6.91. The molecule has 28 heavy (non-hydrogen) atoms. The molecule has 2 aromatic carbocycles. The van der Waals surface area contributed by atoms with Crippen molar-refractivity contribution < 1.29 is 9.59 Å². The molecule has 0 radical (unpaired) electrons. The van der Waals surface area contributed by atoms with Crippen molar-refractivity contribution in [3.63, 3.8) is 0 Å². The van der Waals surface area contributed by atoms with Gasteiger partial charge in [0.1, 0.15) is 0 Å². The lowest BCUT2D eigenvalue weighted by atomic mass is 10.1. The number of carbonyl (C=O) groups is 2. The number of hydrogen-bond donors (Lipinski definition) is 0. The summed E-state index contributed by atoms with van der Waals surface area (Å²) in [6.45, 7) is 1.26. The maximum atomic E-state index is 13.3. The summed E-state index contributed by atoms with van der Waals surface area (Å²) in [5.41, 5.74) is 0.912. The number of anilines is 1. The molecular formula is C23H22N2O2S. The third kappa shape index (κ3) is 2.90. The molecular weight excluding hydrogens is 368 g/mol. The number of rotatable bonds is 3. The lowest BCUT2D eigenvalue weighted by molar-refractivity contribution is -0.136. The van der Waals surface area contributed by atoms with Crippen molar-refractivity contribution in [1.29, 1.82) is 0 Å². The van der Waals surface area contributed by atoms with Crippen molar-refractivity contribution in [2.24, 2.45) is 5.92 Å². The Bertz CT molecular complexity index is 1020. The molecule has 2 aliphatic heterocycles. The summed E-state index contributed by atoms with van der Waals surface area (Å²) >= 11 is 1.71. The number of amides is 2. The molecule has 0 spiro atoms. The Kier molecular flexibility index (Phi) is 4.40. The molecule has 3 aromatic rings. The number of hydrogen-bond acceptors (Lipinski definition) is 3. The standard InChI is InChI=1S/C23H22N2O2S/c26-22-14-17(23(27)24-12-4-10-20(24)21-11-5-13-28-21)15-25(22)19-9-3-7-16-6-1-2-8-18(16)19/h1-3,5-9,11,13,17,20H,4,10,12,14-15H2. The van der Waals surface area contributed by atoms with E-state index in [1.807, 2.05) is 41.3 Å². The molecule has 0 bridgehead atoms. The minimum absolute atomic E-state index is 0.0431. The zero-order chi connectivity index (χ0) is 19.1. The Morgan fingerprint density at radius 2 is 1.89 bits per heavy atom. The summed E-state index contributed by atoms with van der Waals surface area (Å²) in [7, 11) is 0. The molecule has 5 rings (SSSR count). The molecule has 0 saturated carbocycles. The first-order valence-corrected chi connectivity index (χ1v) is 10.7. The van der Waals surface area contributed by atoms with E-state index in [-0.39, 0.29) is 23.8 Å². The molecule has 3 heterocycles. The van der Waals surface area contributed by atoms with Gasteiger partial charge in [0.05, 0.1) is 17.6 Å². The van der Waals surface area contributed by atoms with Crippen LogP contribution in [-0.2, 0) is 9.59 Å². The van der Waals surface area contributed by atoms with Crippen molar-refractivity contribution in [2.45, 2.75) is 25.3 Å². The highest BCUT2D eigenvalue weighted by molar-refractivity contribution is 7.10. The Labute approximate surface area is 168 Å². The predicted octanol–water partition coefficient (Wildman–Crippen LogP) is 4.62. The molecule has 4 nitrogen and oxygen atoms in total. The van der Waals surface area contributed by atoms with Crippen LogP contribution in [0.4, 0.5) is 5.69 Å². The summed E-state index contributed by atoms with van der Waals surface area (Å²) in [4.78, 5) is 31.2. The lowest BCUT2D eigenvalue weighted by Crippen LogP contribution is -2.36. The van der Waals surface area contributed by atoms with Crippen LogP contribution < -0.4 is 4.90 Å². The first kappa shape index (κ1) is 17.4. The van der Waals surface area contributed by atoms with Gasteiger partial charge in [-0.2, -0.15) is 0 Å². The Morgan fingerprint density at radius 1 is 1.04 bits per heavy atom. The first-order valence-electron chi connectivity index (χ1n) is 9.84. The van der Waals surface area contributed by atoms with E-state index in [9.17, 15) is 9.59 Å². The lowest BCUT2D eigenvalue weighted by Gasteiger charge is -2.27. The summed E-state index contributed by atoms with van der Waals surface area (Å²) in [5, 5.41) is 4.24. The van der Waals surface area contributed by atoms with Crippen molar-refractivity contribution in [3.8, 4) is 0 Å². The predicted molar refractivity (Wildman–Crippen MR) is 112 cm³/mol. The number of nitrogens with zero attached hydrogens (tertiary/aromatic N) is 2. The molecule has 2 saturated heterocycles. The summed E-state index contributed by atoms with van der Waals surface area (Å²) in [6, 6.07) is 18.4. The molecule has 2 atom stereocenters. The number of thiophene rings is 1. The molecule has 2 unspecified atom stereocenters. The van der Waals surface area contributed by atoms with Gasteiger partial charge in [-0.15, -0.1) is 11.3 Å². The minimum Gasteiger partial charge on any atom is -0.335 e. The van der Waals surface area contributed by atoms with Gasteiger partial charge in [0, 0.05) is 29.8 Å². The molecule has 0 N–H and O–H groups in total. The van der Waals surface area contributed by atoms with E-state index < -0.39 is 0 Å². The Balaban J connectivity index is 1.40. The van der Waals surface area contributed by atoms with Crippen LogP contribution in [-0.4, -0.2) is 29.8 Å². The van der Waals surface area contributed by atoms with E-state index in [2.05, 4.69) is 23.6 Å².